The first kappa shape index (κ1) is 13.3. The van der Waals surface area contributed by atoms with Gasteiger partial charge < -0.3 is 4.48 Å². The van der Waals surface area contributed by atoms with Crippen LogP contribution >= 0.6 is 11.3 Å². The molecule has 3 heterocycles. The summed E-state index contributed by atoms with van der Waals surface area (Å²) in [6.45, 7) is 3.63. The van der Waals surface area contributed by atoms with E-state index in [0.29, 0.717) is 5.78 Å². The lowest BCUT2D eigenvalue weighted by Gasteiger charge is -2.35. The third kappa shape index (κ3) is 3.09. The fourth-order valence-electron chi connectivity index (χ4n) is 4.03. The largest absolute Gasteiger partial charge is 0.325 e. The molecular formula is C16H24NOS+. The minimum absolute atomic E-state index is 0.339. The minimum Gasteiger partial charge on any atom is -0.325 e. The zero-order valence-electron chi connectivity index (χ0n) is 11.8. The van der Waals surface area contributed by atoms with Crippen molar-refractivity contribution in [1.82, 2.24) is 0 Å². The Hall–Kier alpha value is -0.670. The molecule has 19 heavy (non-hydrogen) atoms. The standard InChI is InChI=1S/C16H24NOS/c1-17(9-8-15(18)16-3-2-10-19-16)11-13-4-5-14(12-17)7-6-13/h2-3,10,13-14H,4-9,11-12H2,1H3/q+1. The third-order valence-electron chi connectivity index (χ3n) is 5.04. The Morgan fingerprint density at radius 1 is 1.26 bits per heavy atom. The first-order chi connectivity index (χ1) is 9.15. The van der Waals surface area contributed by atoms with Crippen molar-refractivity contribution in [3.63, 3.8) is 0 Å². The lowest BCUT2D eigenvalue weighted by Crippen LogP contribution is -2.48. The summed E-state index contributed by atoms with van der Waals surface area (Å²) in [5.41, 5.74) is 0. The van der Waals surface area contributed by atoms with Gasteiger partial charge in [-0.3, -0.25) is 4.79 Å². The third-order valence-corrected chi connectivity index (χ3v) is 5.95. The van der Waals surface area contributed by atoms with Crippen LogP contribution in [0.5, 0.6) is 0 Å². The van der Waals surface area contributed by atoms with Gasteiger partial charge in [0.1, 0.15) is 0 Å². The molecule has 0 N–H and O–H groups in total. The Kier molecular flexibility index (Phi) is 3.77. The smallest absolute Gasteiger partial charge is 0.178 e. The molecule has 1 saturated carbocycles. The zero-order chi connectivity index (χ0) is 13.3. The molecule has 2 aliphatic heterocycles. The number of ketones is 1. The van der Waals surface area contributed by atoms with E-state index in [9.17, 15) is 4.79 Å². The van der Waals surface area contributed by atoms with Gasteiger partial charge in [0.05, 0.1) is 38.0 Å². The summed E-state index contributed by atoms with van der Waals surface area (Å²) in [5.74, 6) is 2.17. The molecule has 3 aliphatic rings. The van der Waals surface area contributed by atoms with Crippen LogP contribution in [0.1, 0.15) is 41.8 Å². The normalized spacial score (nSPS) is 34.2. The second-order valence-electron chi connectivity index (χ2n) is 6.75. The van der Waals surface area contributed by atoms with Gasteiger partial charge in [-0.1, -0.05) is 6.07 Å². The molecule has 3 fully saturated rings. The van der Waals surface area contributed by atoms with E-state index in [2.05, 4.69) is 7.05 Å². The van der Waals surface area contributed by atoms with E-state index in [-0.39, 0.29) is 0 Å². The Morgan fingerprint density at radius 3 is 2.42 bits per heavy atom. The van der Waals surface area contributed by atoms with E-state index in [0.717, 1.165) is 34.2 Å². The van der Waals surface area contributed by atoms with Crippen LogP contribution in [-0.4, -0.2) is 36.9 Å². The molecule has 0 unspecified atom stereocenters. The topological polar surface area (TPSA) is 17.1 Å². The van der Waals surface area contributed by atoms with Crippen molar-refractivity contribution >= 4 is 17.1 Å². The highest BCUT2D eigenvalue weighted by Gasteiger charge is 2.37. The van der Waals surface area contributed by atoms with E-state index in [1.54, 1.807) is 11.3 Å². The highest BCUT2D eigenvalue weighted by atomic mass is 32.1. The Balaban J connectivity index is 1.61. The van der Waals surface area contributed by atoms with E-state index in [4.69, 9.17) is 0 Å². The number of carbonyl (C=O) groups excluding carboxylic acids is 1. The SMILES string of the molecule is C[N+]1(CCC(=O)c2cccs2)CC2CCC(CC2)C1. The number of thiophene rings is 1. The monoisotopic (exact) mass is 278 g/mol. The second-order valence-corrected chi connectivity index (χ2v) is 7.69. The van der Waals surface area contributed by atoms with Gasteiger partial charge in [-0.25, -0.2) is 0 Å². The van der Waals surface area contributed by atoms with Gasteiger partial charge in [-0.15, -0.1) is 11.3 Å². The maximum Gasteiger partial charge on any atom is 0.178 e. The number of Topliss-reactive ketones (excluding diaryl/α,β-unsaturated/α-hetero) is 1. The van der Waals surface area contributed by atoms with Crippen LogP contribution in [0.15, 0.2) is 17.5 Å². The number of nitrogens with zero attached hydrogens (tertiary/aromatic N) is 1. The van der Waals surface area contributed by atoms with Crippen molar-refractivity contribution in [1.29, 1.82) is 0 Å². The predicted octanol–water partition coefficient (Wildman–Crippen LogP) is 3.59. The fourth-order valence-corrected chi connectivity index (χ4v) is 4.73. The molecule has 0 atom stereocenters. The number of hydrogen-bond acceptors (Lipinski definition) is 2. The van der Waals surface area contributed by atoms with Gasteiger partial charge in [-0.2, -0.15) is 0 Å². The molecule has 1 aliphatic carbocycles. The van der Waals surface area contributed by atoms with Gasteiger partial charge in [0.15, 0.2) is 5.78 Å². The summed E-state index contributed by atoms with van der Waals surface area (Å²) in [6, 6.07) is 3.93. The highest BCUT2D eigenvalue weighted by Crippen LogP contribution is 2.36. The molecule has 0 aromatic carbocycles. The second kappa shape index (κ2) is 5.37. The molecule has 0 amide bonds. The molecule has 0 radical (unpaired) electrons. The number of fused-ring (bicyclic) bond motifs is 4. The van der Waals surface area contributed by atoms with E-state index >= 15 is 0 Å². The van der Waals surface area contributed by atoms with E-state index < -0.39 is 0 Å². The molecule has 4 rings (SSSR count). The number of quaternary nitrogens is 1. The fraction of sp³-hybridized carbons (Fsp3) is 0.688. The zero-order valence-corrected chi connectivity index (χ0v) is 12.6. The van der Waals surface area contributed by atoms with Crippen molar-refractivity contribution in [3.8, 4) is 0 Å². The van der Waals surface area contributed by atoms with Crippen LogP contribution in [0, 0.1) is 11.8 Å². The van der Waals surface area contributed by atoms with Gasteiger partial charge in [-0.05, 0) is 37.1 Å². The maximum absolute atomic E-state index is 12.2. The average Bonchev–Trinajstić information content (AvgIpc) is 2.82. The van der Waals surface area contributed by atoms with Crippen LogP contribution in [0.3, 0.4) is 0 Å². The summed E-state index contributed by atoms with van der Waals surface area (Å²) in [5, 5.41) is 2.00. The molecule has 2 bridgehead atoms. The molecule has 0 spiro atoms. The van der Waals surface area contributed by atoms with Crippen LogP contribution in [-0.2, 0) is 0 Å². The number of rotatable bonds is 4. The van der Waals surface area contributed by atoms with Crippen LogP contribution in [0.2, 0.25) is 0 Å². The lowest BCUT2D eigenvalue weighted by atomic mass is 9.84. The Bertz CT molecular complexity index is 418. The quantitative estimate of drug-likeness (QED) is 0.607. The Morgan fingerprint density at radius 2 is 1.89 bits per heavy atom. The lowest BCUT2D eigenvalue weighted by molar-refractivity contribution is -0.912. The van der Waals surface area contributed by atoms with Crippen molar-refractivity contribution in [2.45, 2.75) is 32.1 Å². The van der Waals surface area contributed by atoms with Crippen molar-refractivity contribution < 1.29 is 9.28 Å². The van der Waals surface area contributed by atoms with Crippen LogP contribution in [0.25, 0.3) is 0 Å². The highest BCUT2D eigenvalue weighted by molar-refractivity contribution is 7.12. The molecule has 1 aromatic heterocycles. The van der Waals surface area contributed by atoms with E-state index in [1.807, 2.05) is 17.5 Å². The molecule has 2 nitrogen and oxygen atoms in total. The van der Waals surface area contributed by atoms with Crippen molar-refractivity contribution in [3.05, 3.63) is 22.4 Å². The molecule has 3 heteroatoms. The summed E-state index contributed by atoms with van der Waals surface area (Å²) < 4.78 is 1.13. The van der Waals surface area contributed by atoms with Crippen molar-refractivity contribution in [2.75, 3.05) is 26.7 Å². The first-order valence-corrected chi connectivity index (χ1v) is 8.43. The summed E-state index contributed by atoms with van der Waals surface area (Å²) in [7, 11) is 2.37. The minimum atomic E-state index is 0.339. The molecule has 1 aromatic rings. The van der Waals surface area contributed by atoms with Gasteiger partial charge >= 0.3 is 0 Å². The van der Waals surface area contributed by atoms with Crippen molar-refractivity contribution in [2.24, 2.45) is 11.8 Å². The number of hydrogen-bond donors (Lipinski definition) is 0. The summed E-state index contributed by atoms with van der Waals surface area (Å²) >= 11 is 1.58. The number of carbonyl (C=O) groups is 1. The summed E-state index contributed by atoms with van der Waals surface area (Å²) in [4.78, 5) is 13.1. The first-order valence-electron chi connectivity index (χ1n) is 7.55. The average molecular weight is 278 g/mol. The molecule has 104 valence electrons. The van der Waals surface area contributed by atoms with E-state index in [1.165, 1.54) is 38.8 Å². The van der Waals surface area contributed by atoms with Crippen LogP contribution < -0.4 is 0 Å². The summed E-state index contributed by atoms with van der Waals surface area (Å²) in [6.07, 6.45) is 6.43. The Labute approximate surface area is 120 Å². The van der Waals surface area contributed by atoms with Gasteiger partial charge in [0.2, 0.25) is 0 Å². The van der Waals surface area contributed by atoms with Gasteiger partial charge in [0, 0.05) is 11.8 Å². The molecular weight excluding hydrogens is 254 g/mol. The maximum atomic E-state index is 12.2. The molecule has 2 saturated heterocycles. The van der Waals surface area contributed by atoms with Crippen LogP contribution in [0.4, 0.5) is 0 Å². The van der Waals surface area contributed by atoms with Gasteiger partial charge in [0.25, 0.3) is 0 Å². The predicted molar refractivity (Wildman–Crippen MR) is 79.5 cm³/mol.